The van der Waals surface area contributed by atoms with Gasteiger partial charge in [-0.3, -0.25) is 14.3 Å². The summed E-state index contributed by atoms with van der Waals surface area (Å²) >= 11 is 0. The first-order chi connectivity index (χ1) is 15.4. The minimum Gasteiger partial charge on any atom is -0.497 e. The Labute approximate surface area is 188 Å². The van der Waals surface area contributed by atoms with Crippen molar-refractivity contribution in [3.63, 3.8) is 0 Å². The minimum atomic E-state index is -3.85. The molecule has 2 amide bonds. The van der Waals surface area contributed by atoms with Crippen LogP contribution in [0.1, 0.15) is 36.0 Å². The molecule has 0 radical (unpaired) electrons. The van der Waals surface area contributed by atoms with Gasteiger partial charge in [-0.15, -0.1) is 0 Å². The molecule has 32 heavy (non-hydrogen) atoms. The van der Waals surface area contributed by atoms with Crippen LogP contribution in [-0.4, -0.2) is 51.4 Å². The third-order valence-corrected chi connectivity index (χ3v) is 7.10. The summed E-state index contributed by atoms with van der Waals surface area (Å²) in [5.74, 6) is 0.0337. The molecule has 1 aliphatic carbocycles. The number of likely N-dealkylation sites (tertiary alicyclic amines) is 1. The van der Waals surface area contributed by atoms with Gasteiger partial charge in [-0.1, -0.05) is 12.1 Å². The van der Waals surface area contributed by atoms with Crippen molar-refractivity contribution in [1.82, 2.24) is 10.2 Å². The maximum Gasteiger partial charge on any atom is 0.262 e. The lowest BCUT2D eigenvalue weighted by Crippen LogP contribution is -2.45. The first-order valence-corrected chi connectivity index (χ1v) is 12.2. The number of piperidine rings is 1. The van der Waals surface area contributed by atoms with E-state index >= 15 is 0 Å². The Bertz CT molecular complexity index is 1110. The second kappa shape index (κ2) is 9.20. The standard InChI is InChI=1S/C23H27N3O5S/c1-31-20-8-3-9-21(14-20)32(29,30)25-19-7-2-5-16(13-19)23(28)26-12-4-6-17(15-26)22(27)24-18-10-11-18/h2-3,5,7-9,13-14,17-18,25H,4,6,10-12,15H2,1H3,(H,24,27). The van der Waals surface area contributed by atoms with Crippen LogP contribution in [0.3, 0.4) is 0 Å². The normalized spacial score (nSPS) is 18.7. The van der Waals surface area contributed by atoms with Gasteiger partial charge in [0.05, 0.1) is 17.9 Å². The second-order valence-corrected chi connectivity index (χ2v) is 9.92. The molecule has 0 spiro atoms. The van der Waals surface area contributed by atoms with Crippen molar-refractivity contribution < 1.29 is 22.7 Å². The summed E-state index contributed by atoms with van der Waals surface area (Å²) in [6, 6.07) is 12.9. The quantitative estimate of drug-likeness (QED) is 0.665. The van der Waals surface area contributed by atoms with E-state index in [4.69, 9.17) is 4.74 Å². The van der Waals surface area contributed by atoms with Gasteiger partial charge in [0.15, 0.2) is 0 Å². The monoisotopic (exact) mass is 457 g/mol. The molecule has 2 aromatic carbocycles. The molecule has 2 N–H and O–H groups in total. The van der Waals surface area contributed by atoms with E-state index in [2.05, 4.69) is 10.0 Å². The maximum absolute atomic E-state index is 13.1. The van der Waals surface area contributed by atoms with Gasteiger partial charge in [-0.2, -0.15) is 0 Å². The summed E-state index contributed by atoms with van der Waals surface area (Å²) in [4.78, 5) is 27.2. The average molecular weight is 458 g/mol. The third-order valence-electron chi connectivity index (χ3n) is 5.72. The van der Waals surface area contributed by atoms with Crippen LogP contribution in [0.2, 0.25) is 0 Å². The molecule has 8 nitrogen and oxygen atoms in total. The molecule has 1 atom stereocenters. The van der Waals surface area contributed by atoms with E-state index in [1.54, 1.807) is 35.2 Å². The second-order valence-electron chi connectivity index (χ2n) is 8.24. The Kier molecular flexibility index (Phi) is 6.36. The van der Waals surface area contributed by atoms with E-state index in [-0.39, 0.29) is 22.6 Å². The van der Waals surface area contributed by atoms with Crippen molar-refractivity contribution in [3.8, 4) is 5.75 Å². The van der Waals surface area contributed by atoms with E-state index < -0.39 is 10.0 Å². The van der Waals surface area contributed by atoms with Gasteiger partial charge in [0.2, 0.25) is 5.91 Å². The highest BCUT2D eigenvalue weighted by molar-refractivity contribution is 7.92. The van der Waals surface area contributed by atoms with Crippen molar-refractivity contribution >= 4 is 27.5 Å². The molecule has 170 valence electrons. The van der Waals surface area contributed by atoms with Crippen LogP contribution in [0.25, 0.3) is 0 Å². The fraction of sp³-hybridized carbons (Fsp3) is 0.391. The minimum absolute atomic E-state index is 0.0183. The Morgan fingerprint density at radius 1 is 1.06 bits per heavy atom. The lowest BCUT2D eigenvalue weighted by atomic mass is 9.96. The molecular weight excluding hydrogens is 430 g/mol. The van der Waals surface area contributed by atoms with Crippen LogP contribution >= 0.6 is 0 Å². The van der Waals surface area contributed by atoms with E-state index in [9.17, 15) is 18.0 Å². The first kappa shape index (κ1) is 22.1. The molecule has 0 bridgehead atoms. The zero-order chi connectivity index (χ0) is 22.7. The number of anilines is 1. The molecule has 2 fully saturated rings. The van der Waals surface area contributed by atoms with E-state index in [1.165, 1.54) is 25.3 Å². The molecule has 0 aromatic heterocycles. The molecule has 1 saturated carbocycles. The van der Waals surface area contributed by atoms with Gasteiger partial charge < -0.3 is 15.0 Å². The third kappa shape index (κ3) is 5.21. The lowest BCUT2D eigenvalue weighted by molar-refractivity contribution is -0.126. The van der Waals surface area contributed by atoms with Crippen molar-refractivity contribution in [1.29, 1.82) is 0 Å². The first-order valence-electron chi connectivity index (χ1n) is 10.7. The SMILES string of the molecule is COc1cccc(S(=O)(=O)Nc2cccc(C(=O)N3CCCC(C(=O)NC4CC4)C3)c2)c1. The predicted octanol–water partition coefficient (Wildman–Crippen LogP) is 2.63. The van der Waals surface area contributed by atoms with E-state index in [1.807, 2.05) is 0 Å². The number of amides is 2. The van der Waals surface area contributed by atoms with Crippen molar-refractivity contribution in [2.75, 3.05) is 24.9 Å². The molecule has 2 aliphatic rings. The van der Waals surface area contributed by atoms with Crippen LogP contribution in [0.4, 0.5) is 5.69 Å². The number of carbonyl (C=O) groups excluding carboxylic acids is 2. The van der Waals surface area contributed by atoms with E-state index in [0.717, 1.165) is 25.7 Å². The summed E-state index contributed by atoms with van der Waals surface area (Å²) < 4.78 is 33.1. The Balaban J connectivity index is 1.46. The van der Waals surface area contributed by atoms with Crippen LogP contribution in [-0.2, 0) is 14.8 Å². The summed E-state index contributed by atoms with van der Waals surface area (Å²) in [5.41, 5.74) is 0.665. The lowest BCUT2D eigenvalue weighted by Gasteiger charge is -2.32. The molecule has 2 aromatic rings. The Hall–Kier alpha value is -3.07. The summed E-state index contributed by atoms with van der Waals surface area (Å²) in [6.07, 6.45) is 3.58. The van der Waals surface area contributed by atoms with Crippen LogP contribution in [0, 0.1) is 5.92 Å². The highest BCUT2D eigenvalue weighted by atomic mass is 32.2. The van der Waals surface area contributed by atoms with Crippen molar-refractivity contribution in [2.45, 2.75) is 36.6 Å². The smallest absolute Gasteiger partial charge is 0.262 e. The van der Waals surface area contributed by atoms with Crippen molar-refractivity contribution in [2.24, 2.45) is 5.92 Å². The predicted molar refractivity (Wildman–Crippen MR) is 120 cm³/mol. The zero-order valence-electron chi connectivity index (χ0n) is 17.9. The van der Waals surface area contributed by atoms with Gasteiger partial charge in [-0.25, -0.2) is 8.42 Å². The van der Waals surface area contributed by atoms with Gasteiger partial charge in [0.25, 0.3) is 15.9 Å². The van der Waals surface area contributed by atoms with Crippen LogP contribution < -0.4 is 14.8 Å². The fourth-order valence-corrected chi connectivity index (χ4v) is 4.89. The largest absolute Gasteiger partial charge is 0.497 e. The topological polar surface area (TPSA) is 105 Å². The van der Waals surface area contributed by atoms with Crippen LogP contribution in [0.15, 0.2) is 53.4 Å². The molecule has 4 rings (SSSR count). The number of hydrogen-bond donors (Lipinski definition) is 2. The molecule has 1 aliphatic heterocycles. The number of methoxy groups -OCH3 is 1. The molecule has 1 heterocycles. The van der Waals surface area contributed by atoms with Crippen LogP contribution in [0.5, 0.6) is 5.75 Å². The molecule has 1 saturated heterocycles. The molecular formula is C23H27N3O5S. The maximum atomic E-state index is 13.1. The number of carbonyl (C=O) groups is 2. The number of nitrogens with zero attached hydrogens (tertiary/aromatic N) is 1. The number of ether oxygens (including phenoxy) is 1. The van der Waals surface area contributed by atoms with Gasteiger partial charge >= 0.3 is 0 Å². The summed E-state index contributed by atoms with van der Waals surface area (Å²) in [7, 11) is -2.38. The molecule has 9 heteroatoms. The highest BCUT2D eigenvalue weighted by Crippen LogP contribution is 2.25. The number of hydrogen-bond acceptors (Lipinski definition) is 5. The van der Waals surface area contributed by atoms with E-state index in [0.29, 0.717) is 36.1 Å². The Morgan fingerprint density at radius 2 is 1.84 bits per heavy atom. The van der Waals surface area contributed by atoms with Crippen molar-refractivity contribution in [3.05, 3.63) is 54.1 Å². The number of benzene rings is 2. The van der Waals surface area contributed by atoms with Gasteiger partial charge in [0, 0.05) is 36.4 Å². The molecule has 1 unspecified atom stereocenters. The number of nitrogens with one attached hydrogen (secondary N) is 2. The van der Waals surface area contributed by atoms with Gasteiger partial charge in [0.1, 0.15) is 5.75 Å². The fourth-order valence-electron chi connectivity index (χ4n) is 3.80. The summed E-state index contributed by atoms with van der Waals surface area (Å²) in [5, 5.41) is 3.02. The Morgan fingerprint density at radius 3 is 2.59 bits per heavy atom. The van der Waals surface area contributed by atoms with Gasteiger partial charge in [-0.05, 0) is 56.0 Å². The highest BCUT2D eigenvalue weighted by Gasteiger charge is 2.32. The number of sulfonamides is 1. The summed E-state index contributed by atoms with van der Waals surface area (Å²) in [6.45, 7) is 0.947. The number of rotatable bonds is 7. The average Bonchev–Trinajstić information content (AvgIpc) is 3.62. The zero-order valence-corrected chi connectivity index (χ0v) is 18.7.